The van der Waals surface area contributed by atoms with Crippen molar-refractivity contribution in [3.63, 3.8) is 0 Å². The van der Waals surface area contributed by atoms with Crippen LogP contribution in [0.15, 0.2) is 6.33 Å². The van der Waals surface area contributed by atoms with E-state index in [1.54, 1.807) is 6.33 Å². The molecular weight excluding hydrogens is 226 g/mol. The molecule has 1 aliphatic rings. The van der Waals surface area contributed by atoms with Gasteiger partial charge in [-0.15, -0.1) is 0 Å². The Morgan fingerprint density at radius 2 is 2.06 bits per heavy atom. The van der Waals surface area contributed by atoms with Crippen molar-refractivity contribution in [1.29, 1.82) is 0 Å². The number of likely N-dealkylation sites (N-methyl/N-ethyl adjacent to an activating group) is 1. The highest BCUT2D eigenvalue weighted by atomic mass is 15.3. The number of aryl methyl sites for hydroxylation is 1. The number of rotatable bonds is 7. The van der Waals surface area contributed by atoms with Crippen LogP contribution in [0.3, 0.4) is 0 Å². The summed E-state index contributed by atoms with van der Waals surface area (Å²) in [4.78, 5) is 9.37. The average molecular weight is 251 g/mol. The van der Waals surface area contributed by atoms with Gasteiger partial charge in [0, 0.05) is 19.6 Å². The molecule has 1 aromatic heterocycles. The second kappa shape index (κ2) is 6.85. The zero-order chi connectivity index (χ0) is 12.8. The largest absolute Gasteiger partial charge is 0.302 e. The molecule has 5 heteroatoms. The minimum absolute atomic E-state index is 0.902. The molecule has 0 aliphatic carbocycles. The molecule has 2 heterocycles. The van der Waals surface area contributed by atoms with E-state index in [0.29, 0.717) is 0 Å². The summed E-state index contributed by atoms with van der Waals surface area (Å²) in [5, 5.41) is 4.23. The Hall–Kier alpha value is -0.940. The minimum atomic E-state index is 0.902. The molecule has 0 aromatic carbocycles. The summed E-state index contributed by atoms with van der Waals surface area (Å²) in [6, 6.07) is 0. The van der Waals surface area contributed by atoms with Gasteiger partial charge in [-0.05, 0) is 39.4 Å². The normalized spacial score (nSPS) is 16.8. The van der Waals surface area contributed by atoms with Gasteiger partial charge in [0.15, 0.2) is 0 Å². The molecule has 1 aliphatic heterocycles. The molecule has 0 atom stereocenters. The Morgan fingerprint density at radius 3 is 2.72 bits per heavy atom. The molecule has 0 saturated carbocycles. The molecule has 0 radical (unpaired) electrons. The lowest BCUT2D eigenvalue weighted by molar-refractivity contribution is 0.220. The van der Waals surface area contributed by atoms with Crippen molar-refractivity contribution in [2.75, 3.05) is 32.7 Å². The van der Waals surface area contributed by atoms with Gasteiger partial charge in [0.1, 0.15) is 12.2 Å². The van der Waals surface area contributed by atoms with Gasteiger partial charge in [0.05, 0.1) is 6.54 Å². The van der Waals surface area contributed by atoms with Gasteiger partial charge in [-0.1, -0.05) is 6.92 Å². The molecule has 0 N–H and O–H groups in total. The second-order valence-electron chi connectivity index (χ2n) is 4.91. The SMILES string of the molecule is CCN(CCN1CCCC1)Cc1ncnn1CC. The van der Waals surface area contributed by atoms with Crippen LogP contribution < -0.4 is 0 Å². The third kappa shape index (κ3) is 3.53. The summed E-state index contributed by atoms with van der Waals surface area (Å²) in [6.07, 6.45) is 4.40. The fraction of sp³-hybridized carbons (Fsp3) is 0.846. The maximum atomic E-state index is 4.35. The van der Waals surface area contributed by atoms with Crippen molar-refractivity contribution in [3.8, 4) is 0 Å². The van der Waals surface area contributed by atoms with Gasteiger partial charge in [0.25, 0.3) is 0 Å². The van der Waals surface area contributed by atoms with Gasteiger partial charge in [-0.2, -0.15) is 5.10 Å². The predicted octanol–water partition coefficient (Wildman–Crippen LogP) is 1.22. The van der Waals surface area contributed by atoms with Crippen molar-refractivity contribution in [3.05, 3.63) is 12.2 Å². The predicted molar refractivity (Wildman–Crippen MR) is 72.3 cm³/mol. The van der Waals surface area contributed by atoms with Crippen molar-refractivity contribution in [2.24, 2.45) is 0 Å². The Labute approximate surface area is 110 Å². The molecule has 0 bridgehead atoms. The third-order valence-electron chi connectivity index (χ3n) is 3.74. The van der Waals surface area contributed by atoms with Crippen molar-refractivity contribution >= 4 is 0 Å². The Bertz CT molecular complexity index is 343. The summed E-state index contributed by atoms with van der Waals surface area (Å²) in [5.74, 6) is 1.08. The monoisotopic (exact) mass is 251 g/mol. The van der Waals surface area contributed by atoms with E-state index in [1.165, 1.54) is 32.5 Å². The summed E-state index contributed by atoms with van der Waals surface area (Å²) >= 11 is 0. The van der Waals surface area contributed by atoms with Gasteiger partial charge in [-0.3, -0.25) is 4.90 Å². The summed E-state index contributed by atoms with van der Waals surface area (Å²) in [5.41, 5.74) is 0. The molecule has 0 unspecified atom stereocenters. The van der Waals surface area contributed by atoms with Gasteiger partial charge >= 0.3 is 0 Å². The van der Waals surface area contributed by atoms with E-state index in [9.17, 15) is 0 Å². The smallest absolute Gasteiger partial charge is 0.140 e. The van der Waals surface area contributed by atoms with Crippen molar-refractivity contribution < 1.29 is 0 Å². The first-order valence-corrected chi connectivity index (χ1v) is 7.14. The number of nitrogens with zero attached hydrogens (tertiary/aromatic N) is 5. The fourth-order valence-electron chi connectivity index (χ4n) is 2.51. The van der Waals surface area contributed by atoms with E-state index in [4.69, 9.17) is 0 Å². The first kappa shape index (κ1) is 13.5. The van der Waals surface area contributed by atoms with Crippen LogP contribution in [0.2, 0.25) is 0 Å². The van der Waals surface area contributed by atoms with Gasteiger partial charge < -0.3 is 4.90 Å². The highest BCUT2D eigenvalue weighted by Gasteiger charge is 2.14. The minimum Gasteiger partial charge on any atom is -0.302 e. The molecule has 102 valence electrons. The molecule has 1 aromatic rings. The molecule has 2 rings (SSSR count). The van der Waals surface area contributed by atoms with Crippen LogP contribution in [0.25, 0.3) is 0 Å². The lowest BCUT2D eigenvalue weighted by atomic mass is 10.4. The zero-order valence-corrected chi connectivity index (χ0v) is 11.7. The van der Waals surface area contributed by atoms with Crippen LogP contribution in [0.1, 0.15) is 32.5 Å². The number of aromatic nitrogens is 3. The molecular formula is C13H25N5. The third-order valence-corrected chi connectivity index (χ3v) is 3.74. The van der Waals surface area contributed by atoms with Gasteiger partial charge in [0.2, 0.25) is 0 Å². The van der Waals surface area contributed by atoms with E-state index >= 15 is 0 Å². The van der Waals surface area contributed by atoms with Crippen LogP contribution in [-0.4, -0.2) is 57.3 Å². The van der Waals surface area contributed by atoms with Crippen LogP contribution >= 0.6 is 0 Å². The standard InChI is InChI=1S/C13H25N5/c1-3-16(9-10-17-7-5-6-8-17)11-13-14-12-15-18(13)4-2/h12H,3-11H2,1-2H3. The van der Waals surface area contributed by atoms with Crippen LogP contribution in [0.4, 0.5) is 0 Å². The maximum Gasteiger partial charge on any atom is 0.140 e. The van der Waals surface area contributed by atoms with E-state index in [1.807, 2.05) is 4.68 Å². The average Bonchev–Trinajstić information content (AvgIpc) is 3.05. The first-order valence-electron chi connectivity index (χ1n) is 7.14. The Kier molecular flexibility index (Phi) is 5.13. The fourth-order valence-corrected chi connectivity index (χ4v) is 2.51. The van der Waals surface area contributed by atoms with Crippen molar-refractivity contribution in [2.45, 2.75) is 39.8 Å². The van der Waals surface area contributed by atoms with Crippen LogP contribution in [-0.2, 0) is 13.1 Å². The summed E-state index contributed by atoms with van der Waals surface area (Å²) < 4.78 is 1.98. The summed E-state index contributed by atoms with van der Waals surface area (Å²) in [7, 11) is 0. The van der Waals surface area contributed by atoms with E-state index in [0.717, 1.165) is 32.0 Å². The zero-order valence-electron chi connectivity index (χ0n) is 11.7. The van der Waals surface area contributed by atoms with Crippen molar-refractivity contribution in [1.82, 2.24) is 24.6 Å². The van der Waals surface area contributed by atoms with Crippen LogP contribution in [0, 0.1) is 0 Å². The molecule has 1 fully saturated rings. The number of hydrogen-bond donors (Lipinski definition) is 0. The first-order chi connectivity index (χ1) is 8.83. The quantitative estimate of drug-likeness (QED) is 0.730. The van der Waals surface area contributed by atoms with Gasteiger partial charge in [-0.25, -0.2) is 9.67 Å². The molecule has 5 nitrogen and oxygen atoms in total. The Balaban J connectivity index is 1.81. The molecule has 0 spiro atoms. The van der Waals surface area contributed by atoms with E-state index in [2.05, 4.69) is 33.7 Å². The highest BCUT2D eigenvalue weighted by molar-refractivity contribution is 4.84. The number of hydrogen-bond acceptors (Lipinski definition) is 4. The molecule has 18 heavy (non-hydrogen) atoms. The van der Waals surface area contributed by atoms with E-state index in [-0.39, 0.29) is 0 Å². The molecule has 0 amide bonds. The van der Waals surface area contributed by atoms with Crippen LogP contribution in [0.5, 0.6) is 0 Å². The number of likely N-dealkylation sites (tertiary alicyclic amines) is 1. The Morgan fingerprint density at radius 1 is 1.28 bits per heavy atom. The summed E-state index contributed by atoms with van der Waals surface area (Å²) in [6.45, 7) is 12.1. The lowest BCUT2D eigenvalue weighted by Crippen LogP contribution is -2.34. The topological polar surface area (TPSA) is 37.2 Å². The molecule has 1 saturated heterocycles. The maximum absolute atomic E-state index is 4.35. The van der Waals surface area contributed by atoms with E-state index < -0.39 is 0 Å². The second-order valence-corrected chi connectivity index (χ2v) is 4.91. The lowest BCUT2D eigenvalue weighted by Gasteiger charge is -2.23. The highest BCUT2D eigenvalue weighted by Crippen LogP contribution is 2.07.